The Bertz CT molecular complexity index is 1310. The van der Waals surface area contributed by atoms with Crippen LogP contribution in [-0.2, 0) is 21.2 Å². The van der Waals surface area contributed by atoms with Crippen LogP contribution in [0.4, 0.5) is 11.5 Å². The van der Waals surface area contributed by atoms with Crippen molar-refractivity contribution in [2.45, 2.75) is 11.3 Å². The van der Waals surface area contributed by atoms with Crippen molar-refractivity contribution in [3.63, 3.8) is 0 Å². The molecule has 7 nitrogen and oxygen atoms in total. The number of nitrogens with zero attached hydrogens (tertiary/aromatic N) is 2. The summed E-state index contributed by atoms with van der Waals surface area (Å²) in [6.07, 6.45) is 3.16. The molecule has 2 aromatic carbocycles. The maximum atomic E-state index is 12.8. The number of benzene rings is 2. The lowest BCUT2D eigenvalue weighted by Crippen LogP contribution is -2.17. The second-order valence-corrected chi connectivity index (χ2v) is 8.65. The van der Waals surface area contributed by atoms with E-state index in [1.54, 1.807) is 67.0 Å². The standard InChI is InChI=1S/C24H20N4O3S/c29-24(27-20-13-15-25-16-14-20)17-21-7-4-8-23(26-21)28-32(30,31)22-11-9-19(10-12-22)18-5-2-1-3-6-18/h1-16H,17H2,(H,26,28)(H,25,27,29). The average Bonchev–Trinajstić information content (AvgIpc) is 2.80. The topological polar surface area (TPSA) is 101 Å². The molecule has 0 atom stereocenters. The van der Waals surface area contributed by atoms with E-state index in [0.717, 1.165) is 11.1 Å². The molecule has 0 aliphatic rings. The molecule has 32 heavy (non-hydrogen) atoms. The highest BCUT2D eigenvalue weighted by molar-refractivity contribution is 7.92. The number of sulfonamides is 1. The zero-order valence-electron chi connectivity index (χ0n) is 17.0. The number of aromatic nitrogens is 2. The van der Waals surface area contributed by atoms with Crippen molar-refractivity contribution < 1.29 is 13.2 Å². The van der Waals surface area contributed by atoms with Crippen LogP contribution in [0.25, 0.3) is 11.1 Å². The molecule has 0 fully saturated rings. The molecule has 2 aromatic heterocycles. The van der Waals surface area contributed by atoms with Crippen LogP contribution < -0.4 is 10.0 Å². The number of pyridine rings is 2. The van der Waals surface area contributed by atoms with Gasteiger partial charge in [0.1, 0.15) is 5.82 Å². The predicted octanol–water partition coefficient (Wildman–Crippen LogP) is 4.13. The van der Waals surface area contributed by atoms with E-state index >= 15 is 0 Å². The summed E-state index contributed by atoms with van der Waals surface area (Å²) in [6, 6.07) is 24.5. The fourth-order valence-electron chi connectivity index (χ4n) is 3.09. The largest absolute Gasteiger partial charge is 0.326 e. The minimum atomic E-state index is -3.83. The minimum absolute atomic E-state index is 0.00363. The van der Waals surface area contributed by atoms with Crippen molar-refractivity contribution in [3.8, 4) is 11.1 Å². The quantitative estimate of drug-likeness (QED) is 0.446. The van der Waals surface area contributed by atoms with Crippen LogP contribution in [0, 0.1) is 0 Å². The van der Waals surface area contributed by atoms with Gasteiger partial charge in [0.25, 0.3) is 10.0 Å². The molecule has 4 aromatic rings. The number of anilines is 2. The van der Waals surface area contributed by atoms with Crippen LogP contribution in [0.2, 0.25) is 0 Å². The Morgan fingerprint density at radius 3 is 2.19 bits per heavy atom. The summed E-state index contributed by atoms with van der Waals surface area (Å²) in [5, 5.41) is 2.75. The van der Waals surface area contributed by atoms with Gasteiger partial charge in [0.2, 0.25) is 5.91 Å². The zero-order valence-corrected chi connectivity index (χ0v) is 17.8. The number of carbonyl (C=O) groups is 1. The molecule has 0 radical (unpaired) electrons. The number of hydrogen-bond donors (Lipinski definition) is 2. The summed E-state index contributed by atoms with van der Waals surface area (Å²) in [7, 11) is -3.83. The lowest BCUT2D eigenvalue weighted by molar-refractivity contribution is -0.115. The summed E-state index contributed by atoms with van der Waals surface area (Å²) in [4.78, 5) is 20.5. The second-order valence-electron chi connectivity index (χ2n) is 6.97. The number of hydrogen-bond acceptors (Lipinski definition) is 5. The Morgan fingerprint density at radius 2 is 1.47 bits per heavy atom. The van der Waals surface area contributed by atoms with Crippen molar-refractivity contribution in [1.29, 1.82) is 0 Å². The van der Waals surface area contributed by atoms with Gasteiger partial charge in [0, 0.05) is 18.1 Å². The fourth-order valence-corrected chi connectivity index (χ4v) is 4.09. The first kappa shape index (κ1) is 21.2. The monoisotopic (exact) mass is 444 g/mol. The van der Waals surface area contributed by atoms with Crippen LogP contribution in [0.3, 0.4) is 0 Å². The summed E-state index contributed by atoms with van der Waals surface area (Å²) >= 11 is 0. The number of amides is 1. The van der Waals surface area contributed by atoms with Crippen molar-refractivity contribution in [1.82, 2.24) is 9.97 Å². The molecule has 4 rings (SSSR count). The molecule has 0 spiro atoms. The van der Waals surface area contributed by atoms with Crippen LogP contribution in [0.1, 0.15) is 5.69 Å². The van der Waals surface area contributed by atoms with E-state index in [9.17, 15) is 13.2 Å². The third-order valence-electron chi connectivity index (χ3n) is 4.62. The van der Waals surface area contributed by atoms with Gasteiger partial charge in [-0.15, -0.1) is 0 Å². The predicted molar refractivity (Wildman–Crippen MR) is 123 cm³/mol. The Kier molecular flexibility index (Phi) is 6.23. The fraction of sp³-hybridized carbons (Fsp3) is 0.0417. The first-order valence-corrected chi connectivity index (χ1v) is 11.3. The minimum Gasteiger partial charge on any atom is -0.326 e. The van der Waals surface area contributed by atoms with Gasteiger partial charge in [-0.3, -0.25) is 14.5 Å². The van der Waals surface area contributed by atoms with E-state index in [-0.39, 0.29) is 23.0 Å². The van der Waals surface area contributed by atoms with Gasteiger partial charge in [0.15, 0.2) is 0 Å². The number of rotatable bonds is 7. The van der Waals surface area contributed by atoms with Crippen LogP contribution in [-0.4, -0.2) is 24.3 Å². The zero-order chi connectivity index (χ0) is 22.4. The normalized spacial score (nSPS) is 11.0. The highest BCUT2D eigenvalue weighted by atomic mass is 32.2. The second kappa shape index (κ2) is 9.40. The van der Waals surface area contributed by atoms with Gasteiger partial charge in [0.05, 0.1) is 17.0 Å². The third-order valence-corrected chi connectivity index (χ3v) is 5.99. The van der Waals surface area contributed by atoms with Crippen molar-refractivity contribution in [2.24, 2.45) is 0 Å². The molecule has 2 N–H and O–H groups in total. The van der Waals surface area contributed by atoms with E-state index in [0.29, 0.717) is 11.4 Å². The summed E-state index contributed by atoms with van der Waals surface area (Å²) < 4.78 is 28.1. The third kappa shape index (κ3) is 5.35. The molecule has 8 heteroatoms. The van der Waals surface area contributed by atoms with E-state index in [2.05, 4.69) is 20.0 Å². The summed E-state index contributed by atoms with van der Waals surface area (Å²) in [6.45, 7) is 0. The molecule has 0 saturated carbocycles. The Labute approximate surface area is 186 Å². The molecule has 160 valence electrons. The van der Waals surface area contributed by atoms with Crippen molar-refractivity contribution in [2.75, 3.05) is 10.0 Å². The molecular weight excluding hydrogens is 424 g/mol. The first-order chi connectivity index (χ1) is 15.5. The lowest BCUT2D eigenvalue weighted by atomic mass is 10.1. The summed E-state index contributed by atoms with van der Waals surface area (Å²) in [5.41, 5.74) is 2.99. The molecule has 0 aliphatic heterocycles. The lowest BCUT2D eigenvalue weighted by Gasteiger charge is -2.10. The molecule has 2 heterocycles. The van der Waals surface area contributed by atoms with Gasteiger partial charge < -0.3 is 5.32 Å². The molecule has 0 bridgehead atoms. The Morgan fingerprint density at radius 1 is 0.781 bits per heavy atom. The van der Waals surface area contributed by atoms with Crippen LogP contribution >= 0.6 is 0 Å². The van der Waals surface area contributed by atoms with E-state index in [4.69, 9.17) is 0 Å². The SMILES string of the molecule is O=C(Cc1cccc(NS(=O)(=O)c2ccc(-c3ccccc3)cc2)n1)Nc1ccncc1. The Balaban J connectivity index is 1.44. The van der Waals surface area contributed by atoms with Gasteiger partial charge in [-0.1, -0.05) is 48.5 Å². The van der Waals surface area contributed by atoms with Crippen LogP contribution in [0.15, 0.2) is 102 Å². The maximum absolute atomic E-state index is 12.8. The van der Waals surface area contributed by atoms with Gasteiger partial charge in [-0.25, -0.2) is 13.4 Å². The number of carbonyl (C=O) groups excluding carboxylic acids is 1. The smallest absolute Gasteiger partial charge is 0.263 e. The highest BCUT2D eigenvalue weighted by Crippen LogP contribution is 2.22. The molecule has 0 unspecified atom stereocenters. The van der Waals surface area contributed by atoms with Crippen molar-refractivity contribution in [3.05, 3.63) is 103 Å². The van der Waals surface area contributed by atoms with Gasteiger partial charge in [-0.05, 0) is 47.5 Å². The highest BCUT2D eigenvalue weighted by Gasteiger charge is 2.16. The molecular formula is C24H20N4O3S. The van der Waals surface area contributed by atoms with E-state index in [1.165, 1.54) is 0 Å². The average molecular weight is 445 g/mol. The molecule has 1 amide bonds. The van der Waals surface area contributed by atoms with Gasteiger partial charge in [-0.2, -0.15) is 0 Å². The van der Waals surface area contributed by atoms with Crippen molar-refractivity contribution >= 4 is 27.4 Å². The van der Waals surface area contributed by atoms with E-state index < -0.39 is 10.0 Å². The Hall–Kier alpha value is -4.04. The summed E-state index contributed by atoms with van der Waals surface area (Å²) in [5.74, 6) is -0.119. The first-order valence-electron chi connectivity index (χ1n) is 9.84. The molecule has 0 aliphatic carbocycles. The van der Waals surface area contributed by atoms with E-state index in [1.807, 2.05) is 30.3 Å². The maximum Gasteiger partial charge on any atom is 0.263 e. The number of nitrogens with one attached hydrogen (secondary N) is 2. The molecule has 0 saturated heterocycles. The van der Waals surface area contributed by atoms with Crippen LogP contribution in [0.5, 0.6) is 0 Å². The van der Waals surface area contributed by atoms with Gasteiger partial charge >= 0.3 is 0 Å².